The summed E-state index contributed by atoms with van der Waals surface area (Å²) < 4.78 is 27.0. The number of imidazole rings is 2. The molecule has 172 valence electrons. The average molecular weight is 466 g/mol. The van der Waals surface area contributed by atoms with E-state index < -0.39 is 15.9 Å². The van der Waals surface area contributed by atoms with E-state index in [-0.39, 0.29) is 11.4 Å². The number of rotatable bonds is 10. The topological polar surface area (TPSA) is 114 Å². The van der Waals surface area contributed by atoms with Gasteiger partial charge in [-0.2, -0.15) is 5.26 Å². The van der Waals surface area contributed by atoms with Gasteiger partial charge in [0.2, 0.25) is 0 Å². The van der Waals surface area contributed by atoms with Gasteiger partial charge in [0.25, 0.3) is 0 Å². The molecule has 0 fully saturated rings. The van der Waals surface area contributed by atoms with Crippen LogP contribution in [0.2, 0.25) is 0 Å². The van der Waals surface area contributed by atoms with E-state index in [0.717, 1.165) is 34.9 Å². The first-order valence-electron chi connectivity index (χ1n) is 11.1. The lowest BCUT2D eigenvalue weighted by molar-refractivity contribution is 0.491. The summed E-state index contributed by atoms with van der Waals surface area (Å²) in [5.41, 5.74) is 3.12. The van der Waals surface area contributed by atoms with Gasteiger partial charge < -0.3 is 4.98 Å². The molecule has 1 atom stereocenters. The maximum Gasteiger partial charge on any atom is 0.329 e. The van der Waals surface area contributed by atoms with Gasteiger partial charge in [-0.15, -0.1) is 0 Å². The predicted octanol–water partition coefficient (Wildman–Crippen LogP) is 3.79. The molecule has 2 aromatic heterocycles. The minimum Gasteiger partial charge on any atom is -0.340 e. The van der Waals surface area contributed by atoms with Crippen molar-refractivity contribution in [2.45, 2.75) is 44.7 Å². The van der Waals surface area contributed by atoms with E-state index in [1.54, 1.807) is 9.13 Å². The van der Waals surface area contributed by atoms with E-state index >= 15 is 0 Å². The number of benzene rings is 2. The summed E-state index contributed by atoms with van der Waals surface area (Å²) in [6.45, 7) is 0.518. The number of aromatic amines is 1. The number of unbranched alkanes of at least 4 members (excludes halogenated alkanes) is 2. The first-order chi connectivity index (χ1) is 15.9. The van der Waals surface area contributed by atoms with Gasteiger partial charge in [-0.25, -0.2) is 18.2 Å². The number of nitrogens with one attached hydrogen (secondary N) is 1. The van der Waals surface area contributed by atoms with Crippen molar-refractivity contribution in [1.29, 1.82) is 5.26 Å². The van der Waals surface area contributed by atoms with Crippen LogP contribution in [0.25, 0.3) is 22.1 Å². The number of fused-ring (bicyclic) bond motifs is 2. The fraction of sp³-hybridized carbons (Fsp3) is 0.375. The molecule has 0 saturated heterocycles. The lowest BCUT2D eigenvalue weighted by Crippen LogP contribution is -2.29. The van der Waals surface area contributed by atoms with Gasteiger partial charge in [0.1, 0.15) is 15.7 Å². The zero-order valence-corrected chi connectivity index (χ0v) is 19.4. The zero-order chi connectivity index (χ0) is 23.4. The maximum absolute atomic E-state index is 13.6. The van der Waals surface area contributed by atoms with Crippen LogP contribution in [0.5, 0.6) is 0 Å². The molecule has 2 heterocycles. The second-order valence-corrected chi connectivity index (χ2v) is 10.6. The molecule has 0 spiro atoms. The zero-order valence-electron chi connectivity index (χ0n) is 18.6. The number of para-hydroxylation sites is 4. The van der Waals surface area contributed by atoms with Crippen molar-refractivity contribution < 1.29 is 8.42 Å². The van der Waals surface area contributed by atoms with E-state index in [9.17, 15) is 13.2 Å². The van der Waals surface area contributed by atoms with Crippen molar-refractivity contribution >= 4 is 31.9 Å². The molecule has 0 aliphatic rings. The first kappa shape index (κ1) is 22.8. The molecule has 0 saturated carbocycles. The molecule has 1 unspecified atom stereocenters. The molecule has 1 N–H and O–H groups in total. The van der Waals surface area contributed by atoms with Crippen LogP contribution in [0, 0.1) is 11.3 Å². The van der Waals surface area contributed by atoms with Crippen molar-refractivity contribution in [3.63, 3.8) is 0 Å². The highest BCUT2D eigenvalue weighted by molar-refractivity contribution is 7.90. The van der Waals surface area contributed by atoms with E-state index in [4.69, 9.17) is 10.2 Å². The van der Waals surface area contributed by atoms with E-state index in [2.05, 4.69) is 11.1 Å². The van der Waals surface area contributed by atoms with E-state index in [1.165, 1.54) is 6.26 Å². The summed E-state index contributed by atoms with van der Waals surface area (Å²) in [5.74, 6) is 0.685. The van der Waals surface area contributed by atoms with Crippen molar-refractivity contribution in [3.05, 3.63) is 64.8 Å². The number of H-pyrrole nitrogens is 1. The SMILES string of the molecule is CS(=O)(=O)CCCC(c1nc2ccccc2[nH]1)n1c(=O)n(CCCCC#N)c2ccccc21. The Kier molecular flexibility index (Phi) is 6.65. The lowest BCUT2D eigenvalue weighted by Gasteiger charge is -2.16. The monoisotopic (exact) mass is 465 g/mol. The number of hydrogen-bond donors (Lipinski definition) is 1. The molecule has 4 rings (SSSR count). The number of nitriles is 1. The predicted molar refractivity (Wildman–Crippen MR) is 129 cm³/mol. The molecule has 0 aliphatic carbocycles. The Morgan fingerprint density at radius 1 is 1.06 bits per heavy atom. The average Bonchev–Trinajstić information content (AvgIpc) is 3.33. The highest BCUT2D eigenvalue weighted by Gasteiger charge is 2.25. The van der Waals surface area contributed by atoms with Crippen LogP contribution in [-0.4, -0.2) is 39.5 Å². The van der Waals surface area contributed by atoms with E-state index in [0.29, 0.717) is 31.6 Å². The summed E-state index contributed by atoms with van der Waals surface area (Å²) >= 11 is 0. The standard InChI is InChI=1S/C24H27N5O3S/c1-33(31,32)17-9-14-22(23-26-18-10-3-4-11-19(18)27-23)29-21-13-6-5-12-20(21)28(24(29)30)16-8-2-7-15-25/h3-6,10-13,22H,2,7-9,14,16-17H2,1H3,(H,26,27). The van der Waals surface area contributed by atoms with Crippen LogP contribution in [-0.2, 0) is 16.4 Å². The van der Waals surface area contributed by atoms with Crippen molar-refractivity contribution in [3.8, 4) is 6.07 Å². The van der Waals surface area contributed by atoms with E-state index in [1.807, 2.05) is 48.5 Å². The molecule has 2 aromatic carbocycles. The van der Waals surface area contributed by atoms with Crippen LogP contribution in [0.15, 0.2) is 53.3 Å². The Morgan fingerprint density at radius 3 is 2.52 bits per heavy atom. The highest BCUT2D eigenvalue weighted by atomic mass is 32.2. The summed E-state index contributed by atoms with van der Waals surface area (Å²) in [4.78, 5) is 21.7. The fourth-order valence-corrected chi connectivity index (χ4v) is 4.97. The van der Waals surface area contributed by atoms with Gasteiger partial charge in [0, 0.05) is 25.0 Å². The molecule has 0 bridgehead atoms. The normalized spacial score (nSPS) is 12.8. The maximum atomic E-state index is 13.6. The van der Waals surface area contributed by atoms with Gasteiger partial charge in [-0.05, 0) is 49.9 Å². The van der Waals surface area contributed by atoms with Gasteiger partial charge in [-0.3, -0.25) is 9.13 Å². The van der Waals surface area contributed by atoms with Crippen molar-refractivity contribution in [1.82, 2.24) is 19.1 Å². The summed E-state index contributed by atoms with van der Waals surface area (Å²) in [7, 11) is -3.12. The second-order valence-electron chi connectivity index (χ2n) is 8.34. The first-order valence-corrected chi connectivity index (χ1v) is 13.1. The van der Waals surface area contributed by atoms with Crippen LogP contribution in [0.3, 0.4) is 0 Å². The number of aromatic nitrogens is 4. The molecule has 0 amide bonds. The largest absolute Gasteiger partial charge is 0.340 e. The molecule has 33 heavy (non-hydrogen) atoms. The van der Waals surface area contributed by atoms with Gasteiger partial charge in [-0.1, -0.05) is 24.3 Å². The van der Waals surface area contributed by atoms with Crippen molar-refractivity contribution in [2.24, 2.45) is 0 Å². The van der Waals surface area contributed by atoms with Crippen LogP contribution in [0.1, 0.15) is 44.0 Å². The van der Waals surface area contributed by atoms with Gasteiger partial charge in [0.05, 0.1) is 34.2 Å². The minimum absolute atomic E-state index is 0.0469. The fourth-order valence-electron chi connectivity index (χ4n) is 4.28. The molecule has 9 heteroatoms. The van der Waals surface area contributed by atoms with Gasteiger partial charge >= 0.3 is 5.69 Å². The van der Waals surface area contributed by atoms with Crippen LogP contribution >= 0.6 is 0 Å². The number of hydrogen-bond acceptors (Lipinski definition) is 5. The molecule has 8 nitrogen and oxygen atoms in total. The third-order valence-electron chi connectivity index (χ3n) is 5.82. The lowest BCUT2D eigenvalue weighted by atomic mass is 10.1. The number of sulfone groups is 1. The molecule has 4 aromatic rings. The third-order valence-corrected chi connectivity index (χ3v) is 6.85. The Balaban J connectivity index is 1.80. The van der Waals surface area contributed by atoms with Crippen LogP contribution in [0.4, 0.5) is 0 Å². The Hall–Kier alpha value is -3.38. The quantitative estimate of drug-likeness (QED) is 0.358. The summed E-state index contributed by atoms with van der Waals surface area (Å²) in [6.07, 6.45) is 4.00. The Labute approximate surface area is 192 Å². The molecular weight excluding hydrogens is 438 g/mol. The third kappa shape index (κ3) is 5.01. The smallest absolute Gasteiger partial charge is 0.329 e. The van der Waals surface area contributed by atoms with Gasteiger partial charge in [0.15, 0.2) is 0 Å². The van der Waals surface area contributed by atoms with Crippen LogP contribution < -0.4 is 5.69 Å². The molecule has 0 aliphatic heterocycles. The van der Waals surface area contributed by atoms with Crippen molar-refractivity contribution in [2.75, 3.05) is 12.0 Å². The minimum atomic E-state index is -3.12. The number of nitrogens with zero attached hydrogens (tertiary/aromatic N) is 4. The summed E-state index contributed by atoms with van der Waals surface area (Å²) in [6, 6.07) is 17.0. The summed E-state index contributed by atoms with van der Waals surface area (Å²) in [5, 5.41) is 8.82. The molecular formula is C24H27N5O3S. The Morgan fingerprint density at radius 2 is 1.79 bits per heavy atom. The highest BCUT2D eigenvalue weighted by Crippen LogP contribution is 2.27. The number of aryl methyl sites for hydroxylation is 1. The Bertz CT molecular complexity index is 1440. The molecule has 0 radical (unpaired) electrons. The second kappa shape index (κ2) is 9.63.